The molecule has 0 radical (unpaired) electrons. The van der Waals surface area contributed by atoms with Crippen molar-refractivity contribution >= 4 is 34.9 Å². The molecule has 0 bridgehead atoms. The average Bonchev–Trinajstić information content (AvgIpc) is 2.71. The van der Waals surface area contributed by atoms with Gasteiger partial charge in [-0.2, -0.15) is 0 Å². The maximum absolute atomic E-state index is 13.5. The Morgan fingerprint density at radius 3 is 2.32 bits per heavy atom. The van der Waals surface area contributed by atoms with Crippen LogP contribution in [0.2, 0.25) is 5.02 Å². The maximum atomic E-state index is 13.5. The molecule has 31 heavy (non-hydrogen) atoms. The Morgan fingerprint density at radius 1 is 1.06 bits per heavy atom. The summed E-state index contributed by atoms with van der Waals surface area (Å²) < 4.78 is 0. The number of carbonyl (C=O) groups is 2. The number of rotatable bonds is 8. The van der Waals surface area contributed by atoms with Crippen LogP contribution in [-0.2, 0) is 6.54 Å². The van der Waals surface area contributed by atoms with Gasteiger partial charge in [-0.05, 0) is 55.7 Å². The van der Waals surface area contributed by atoms with Crippen LogP contribution in [-0.4, -0.2) is 43.5 Å². The van der Waals surface area contributed by atoms with Crippen molar-refractivity contribution in [1.29, 1.82) is 0 Å². The molecule has 0 aliphatic carbocycles. The van der Waals surface area contributed by atoms with Gasteiger partial charge in [-0.25, -0.2) is 4.79 Å². The van der Waals surface area contributed by atoms with E-state index in [1.807, 2.05) is 68.1 Å². The van der Waals surface area contributed by atoms with Crippen molar-refractivity contribution in [3.05, 3.63) is 58.6 Å². The second kappa shape index (κ2) is 11.0. The highest BCUT2D eigenvalue weighted by Crippen LogP contribution is 2.28. The molecule has 0 aromatic heterocycles. The van der Waals surface area contributed by atoms with E-state index in [0.717, 1.165) is 11.3 Å². The third kappa shape index (κ3) is 6.37. The van der Waals surface area contributed by atoms with E-state index >= 15 is 0 Å². The van der Waals surface area contributed by atoms with E-state index in [1.165, 1.54) is 0 Å². The number of nitrogens with zero attached hydrogens (tertiary/aromatic N) is 2. The molecule has 2 rings (SSSR count). The Hall–Kier alpha value is -2.73. The van der Waals surface area contributed by atoms with Crippen LogP contribution in [0, 0.1) is 5.92 Å². The molecule has 3 amide bonds. The third-order valence-electron chi connectivity index (χ3n) is 5.32. The molecule has 168 valence electrons. The number of hydrogen-bond donors (Lipinski definition) is 2. The predicted molar refractivity (Wildman–Crippen MR) is 129 cm³/mol. The van der Waals surface area contributed by atoms with Gasteiger partial charge in [0.2, 0.25) is 0 Å². The van der Waals surface area contributed by atoms with E-state index in [-0.39, 0.29) is 23.9 Å². The summed E-state index contributed by atoms with van der Waals surface area (Å²) in [6, 6.07) is 12.6. The Kier molecular flexibility index (Phi) is 8.75. The van der Waals surface area contributed by atoms with Crippen molar-refractivity contribution < 1.29 is 9.59 Å². The molecule has 0 saturated heterocycles. The topological polar surface area (TPSA) is 64.7 Å². The van der Waals surface area contributed by atoms with Gasteiger partial charge in [0.25, 0.3) is 5.91 Å². The van der Waals surface area contributed by atoms with E-state index < -0.39 is 0 Å². The average molecular weight is 445 g/mol. The van der Waals surface area contributed by atoms with Gasteiger partial charge in [-0.3, -0.25) is 4.79 Å². The summed E-state index contributed by atoms with van der Waals surface area (Å²) in [4.78, 5) is 29.3. The Balaban J connectivity index is 2.45. The largest absolute Gasteiger partial charge is 0.377 e. The first-order valence-corrected chi connectivity index (χ1v) is 10.9. The summed E-state index contributed by atoms with van der Waals surface area (Å²) in [7, 11) is 3.92. The minimum atomic E-state index is -0.259. The first-order valence-electron chi connectivity index (χ1n) is 10.6. The standard InChI is InChI=1S/C24H33ClN4O2/c1-7-26-24(31)27-19-12-13-22(28(5)6)18(14-19)15-29(17(4)16(2)3)23(30)20-10-8-9-11-21(20)25/h8-14,16-17H,7,15H2,1-6H3,(H2,26,27,31). The normalized spacial score (nSPS) is 11.7. The van der Waals surface area contributed by atoms with Crippen molar-refractivity contribution in [3.63, 3.8) is 0 Å². The molecule has 0 spiro atoms. The Bertz CT molecular complexity index is 914. The van der Waals surface area contributed by atoms with E-state index in [4.69, 9.17) is 11.6 Å². The fourth-order valence-electron chi connectivity index (χ4n) is 3.30. The molecule has 2 N–H and O–H groups in total. The highest BCUT2D eigenvalue weighted by Gasteiger charge is 2.26. The van der Waals surface area contributed by atoms with Crippen LogP contribution >= 0.6 is 11.6 Å². The highest BCUT2D eigenvalue weighted by molar-refractivity contribution is 6.33. The lowest BCUT2D eigenvalue weighted by Gasteiger charge is -2.33. The zero-order valence-corrected chi connectivity index (χ0v) is 20.0. The monoisotopic (exact) mass is 444 g/mol. The summed E-state index contributed by atoms with van der Waals surface area (Å²) in [5.74, 6) is 0.143. The quantitative estimate of drug-likeness (QED) is 0.585. The second-order valence-electron chi connectivity index (χ2n) is 8.12. The molecular weight excluding hydrogens is 412 g/mol. The summed E-state index contributed by atoms with van der Waals surface area (Å²) in [5.41, 5.74) is 3.08. The molecule has 0 aliphatic rings. The van der Waals surface area contributed by atoms with E-state index in [9.17, 15) is 9.59 Å². The molecule has 2 aromatic rings. The third-order valence-corrected chi connectivity index (χ3v) is 5.65. The molecule has 0 saturated carbocycles. The van der Waals surface area contributed by atoms with Crippen molar-refractivity contribution in [2.75, 3.05) is 30.9 Å². The van der Waals surface area contributed by atoms with Crippen LogP contribution < -0.4 is 15.5 Å². The SMILES string of the molecule is CCNC(=O)Nc1ccc(N(C)C)c(CN(C(=O)c2ccccc2Cl)C(C)C(C)C)c1. The van der Waals surface area contributed by atoms with E-state index in [1.54, 1.807) is 12.1 Å². The fraction of sp³-hybridized carbons (Fsp3) is 0.417. The van der Waals surface area contributed by atoms with Crippen LogP contribution in [0.4, 0.5) is 16.2 Å². The number of carbonyl (C=O) groups excluding carboxylic acids is 2. The van der Waals surface area contributed by atoms with E-state index in [2.05, 4.69) is 24.5 Å². The highest BCUT2D eigenvalue weighted by atomic mass is 35.5. The van der Waals surface area contributed by atoms with Crippen molar-refractivity contribution in [3.8, 4) is 0 Å². The first-order chi connectivity index (χ1) is 14.6. The lowest BCUT2D eigenvalue weighted by molar-refractivity contribution is 0.0628. The van der Waals surface area contributed by atoms with Crippen molar-refractivity contribution in [1.82, 2.24) is 10.2 Å². The van der Waals surface area contributed by atoms with Gasteiger partial charge in [0.05, 0.1) is 10.6 Å². The summed E-state index contributed by atoms with van der Waals surface area (Å²) >= 11 is 6.33. The van der Waals surface area contributed by atoms with E-state index in [0.29, 0.717) is 29.4 Å². The zero-order valence-electron chi connectivity index (χ0n) is 19.2. The van der Waals surface area contributed by atoms with Gasteiger partial charge in [0, 0.05) is 44.6 Å². The molecule has 1 atom stereocenters. The number of anilines is 2. The zero-order chi connectivity index (χ0) is 23.1. The molecule has 1 unspecified atom stereocenters. The van der Waals surface area contributed by atoms with Crippen molar-refractivity contribution in [2.24, 2.45) is 5.92 Å². The number of halogens is 1. The summed E-state index contributed by atoms with van der Waals surface area (Å²) in [6.07, 6.45) is 0. The first kappa shape index (κ1) is 24.5. The summed E-state index contributed by atoms with van der Waals surface area (Å²) in [5, 5.41) is 6.02. The van der Waals surface area contributed by atoms with Crippen molar-refractivity contribution in [2.45, 2.75) is 40.3 Å². The van der Waals surface area contributed by atoms with Gasteiger partial charge in [0.15, 0.2) is 0 Å². The summed E-state index contributed by atoms with van der Waals surface area (Å²) in [6.45, 7) is 9.04. The molecular formula is C24H33ClN4O2. The minimum absolute atomic E-state index is 0.0150. The van der Waals surface area contributed by atoms with Gasteiger partial charge in [-0.1, -0.05) is 37.6 Å². The number of hydrogen-bond acceptors (Lipinski definition) is 3. The van der Waals surface area contributed by atoms with Gasteiger partial charge in [0.1, 0.15) is 0 Å². The Morgan fingerprint density at radius 2 is 1.74 bits per heavy atom. The number of nitrogens with one attached hydrogen (secondary N) is 2. The molecule has 6 nitrogen and oxygen atoms in total. The van der Waals surface area contributed by atoms with Gasteiger partial charge >= 0.3 is 6.03 Å². The molecule has 7 heteroatoms. The van der Waals surface area contributed by atoms with Crippen LogP contribution in [0.5, 0.6) is 0 Å². The molecule has 2 aromatic carbocycles. The van der Waals surface area contributed by atoms with Gasteiger partial charge < -0.3 is 20.4 Å². The predicted octanol–water partition coefficient (Wildman–Crippen LogP) is 5.23. The fourth-order valence-corrected chi connectivity index (χ4v) is 3.51. The second-order valence-corrected chi connectivity index (χ2v) is 8.53. The van der Waals surface area contributed by atoms with Crippen LogP contribution in [0.3, 0.4) is 0 Å². The lowest BCUT2D eigenvalue weighted by Crippen LogP contribution is -2.41. The lowest BCUT2D eigenvalue weighted by atomic mass is 10.0. The van der Waals surface area contributed by atoms with Crippen LogP contribution in [0.1, 0.15) is 43.6 Å². The number of benzene rings is 2. The Labute approximate surface area is 190 Å². The number of amides is 3. The maximum Gasteiger partial charge on any atom is 0.319 e. The smallest absolute Gasteiger partial charge is 0.319 e. The van der Waals surface area contributed by atoms with Crippen LogP contribution in [0.25, 0.3) is 0 Å². The molecule has 0 heterocycles. The minimum Gasteiger partial charge on any atom is -0.377 e. The van der Waals surface area contributed by atoms with Gasteiger partial charge in [-0.15, -0.1) is 0 Å². The molecule has 0 fully saturated rings. The van der Waals surface area contributed by atoms with Crippen LogP contribution in [0.15, 0.2) is 42.5 Å². The number of urea groups is 1. The molecule has 0 aliphatic heterocycles.